The van der Waals surface area contributed by atoms with E-state index in [1.54, 1.807) is 13.8 Å². The van der Waals surface area contributed by atoms with Crippen molar-refractivity contribution < 1.29 is 14.7 Å². The average molecular weight is 296 g/mol. The predicted molar refractivity (Wildman–Crippen MR) is 80.8 cm³/mol. The summed E-state index contributed by atoms with van der Waals surface area (Å²) in [5.41, 5.74) is 6.73. The molecule has 0 aliphatic rings. The fraction of sp³-hybridized carbons (Fsp3) is 0.429. The van der Waals surface area contributed by atoms with Gasteiger partial charge >= 0.3 is 5.97 Å². The Morgan fingerprint density at radius 3 is 2.35 bits per heavy atom. The van der Waals surface area contributed by atoms with Gasteiger partial charge in [-0.15, -0.1) is 0 Å². The van der Waals surface area contributed by atoms with Crippen molar-refractivity contribution in [3.63, 3.8) is 0 Å². The average Bonchev–Trinajstić information content (AvgIpc) is 2.34. The van der Waals surface area contributed by atoms with Gasteiger partial charge in [0.1, 0.15) is 6.04 Å². The quantitative estimate of drug-likeness (QED) is 0.585. The summed E-state index contributed by atoms with van der Waals surface area (Å²) in [6.07, 6.45) is 0.353. The Morgan fingerprint density at radius 2 is 1.90 bits per heavy atom. The van der Waals surface area contributed by atoms with Crippen LogP contribution in [0, 0.1) is 0 Å². The molecule has 0 saturated heterocycles. The molecule has 0 saturated carbocycles. The van der Waals surface area contributed by atoms with Crippen LogP contribution in [0.4, 0.5) is 0 Å². The summed E-state index contributed by atoms with van der Waals surface area (Å²) < 4.78 is -0.881. The summed E-state index contributed by atoms with van der Waals surface area (Å²) in [5, 5.41) is 11.6. The number of aliphatic carboxylic acids is 1. The minimum absolute atomic E-state index is 0.353. The molecule has 0 unspecified atom stereocenters. The molecule has 1 aromatic rings. The standard InChI is InChI=1S/C14H20N2O3S/c1-14(2,20)11(13(18)19)16-12(17)10(15)8-9-6-4-3-5-7-9/h3-7,10-11,20H,8,15H2,1-2H3,(H,16,17)(H,18,19)/t10-,11-/m0/s1. The fourth-order valence-corrected chi connectivity index (χ4v) is 1.93. The number of carboxylic acids is 1. The Hall–Kier alpha value is -1.53. The van der Waals surface area contributed by atoms with Crippen LogP contribution in [-0.4, -0.2) is 33.8 Å². The van der Waals surface area contributed by atoms with E-state index < -0.39 is 28.7 Å². The SMILES string of the molecule is CC(C)(S)[C@@H](NC(=O)[C@@H](N)Cc1ccccc1)C(=O)O. The van der Waals surface area contributed by atoms with Gasteiger partial charge in [-0.2, -0.15) is 12.6 Å². The molecule has 1 aromatic carbocycles. The molecule has 1 amide bonds. The molecule has 0 fully saturated rings. The number of benzene rings is 1. The van der Waals surface area contributed by atoms with Crippen LogP contribution in [0.25, 0.3) is 0 Å². The molecule has 5 nitrogen and oxygen atoms in total. The second kappa shape index (κ2) is 6.76. The highest BCUT2D eigenvalue weighted by molar-refractivity contribution is 7.81. The lowest BCUT2D eigenvalue weighted by Crippen LogP contribution is -2.55. The first-order valence-corrected chi connectivity index (χ1v) is 6.71. The van der Waals surface area contributed by atoms with Gasteiger partial charge < -0.3 is 16.2 Å². The van der Waals surface area contributed by atoms with Gasteiger partial charge in [-0.1, -0.05) is 30.3 Å². The van der Waals surface area contributed by atoms with E-state index in [2.05, 4.69) is 17.9 Å². The van der Waals surface area contributed by atoms with Crippen LogP contribution >= 0.6 is 12.6 Å². The van der Waals surface area contributed by atoms with Gasteiger partial charge in [0.25, 0.3) is 0 Å². The van der Waals surface area contributed by atoms with Gasteiger partial charge in [0.15, 0.2) is 0 Å². The summed E-state index contributed by atoms with van der Waals surface area (Å²) in [4.78, 5) is 23.1. The third-order valence-electron chi connectivity index (χ3n) is 2.88. The third kappa shape index (κ3) is 4.86. The first-order chi connectivity index (χ1) is 9.21. The van der Waals surface area contributed by atoms with Crippen molar-refractivity contribution in [1.29, 1.82) is 0 Å². The molecule has 110 valence electrons. The molecule has 20 heavy (non-hydrogen) atoms. The lowest BCUT2D eigenvalue weighted by atomic mass is 10.0. The number of rotatable bonds is 6. The minimum atomic E-state index is -1.13. The first kappa shape index (κ1) is 16.5. The number of nitrogens with one attached hydrogen (secondary N) is 1. The number of hydrogen-bond acceptors (Lipinski definition) is 4. The van der Waals surface area contributed by atoms with Gasteiger partial charge in [0, 0.05) is 4.75 Å². The maximum Gasteiger partial charge on any atom is 0.327 e. The van der Waals surface area contributed by atoms with Crippen molar-refractivity contribution in [2.75, 3.05) is 0 Å². The molecule has 0 radical (unpaired) electrons. The van der Waals surface area contributed by atoms with Crippen molar-refractivity contribution in [2.45, 2.75) is 37.1 Å². The predicted octanol–water partition coefficient (Wildman–Crippen LogP) is 0.834. The van der Waals surface area contributed by atoms with E-state index in [4.69, 9.17) is 10.8 Å². The van der Waals surface area contributed by atoms with Crippen LogP contribution in [0.1, 0.15) is 19.4 Å². The van der Waals surface area contributed by atoms with E-state index in [1.807, 2.05) is 30.3 Å². The Kier molecular flexibility index (Phi) is 5.59. The molecule has 2 atom stereocenters. The van der Waals surface area contributed by atoms with E-state index in [1.165, 1.54) is 0 Å². The molecule has 0 aromatic heterocycles. The van der Waals surface area contributed by atoms with Gasteiger partial charge in [-0.3, -0.25) is 4.79 Å². The maximum absolute atomic E-state index is 12.0. The van der Waals surface area contributed by atoms with Crippen LogP contribution in [0.5, 0.6) is 0 Å². The highest BCUT2D eigenvalue weighted by Gasteiger charge is 2.34. The topological polar surface area (TPSA) is 92.4 Å². The lowest BCUT2D eigenvalue weighted by Gasteiger charge is -2.28. The summed E-state index contributed by atoms with van der Waals surface area (Å²) >= 11 is 4.19. The molecule has 0 bridgehead atoms. The summed E-state index contributed by atoms with van der Waals surface area (Å²) in [5.74, 6) is -1.63. The third-order valence-corrected chi connectivity index (χ3v) is 3.13. The molecule has 4 N–H and O–H groups in total. The number of nitrogens with two attached hydrogens (primary N) is 1. The molecule has 0 aliphatic heterocycles. The zero-order valence-electron chi connectivity index (χ0n) is 11.5. The molecule has 6 heteroatoms. The highest BCUT2D eigenvalue weighted by Crippen LogP contribution is 2.18. The molecule has 0 spiro atoms. The summed E-state index contributed by atoms with van der Waals surface area (Å²) in [6.45, 7) is 3.25. The van der Waals surface area contributed by atoms with Crippen molar-refractivity contribution in [3.05, 3.63) is 35.9 Å². The van der Waals surface area contributed by atoms with Crippen LogP contribution in [0.3, 0.4) is 0 Å². The van der Waals surface area contributed by atoms with E-state index >= 15 is 0 Å². The summed E-state index contributed by atoms with van der Waals surface area (Å²) in [6, 6.07) is 7.43. The van der Waals surface area contributed by atoms with Crippen LogP contribution in [0.15, 0.2) is 30.3 Å². The molecule has 1 rings (SSSR count). The van der Waals surface area contributed by atoms with E-state index in [-0.39, 0.29) is 0 Å². The van der Waals surface area contributed by atoms with Gasteiger partial charge in [-0.25, -0.2) is 4.79 Å². The highest BCUT2D eigenvalue weighted by atomic mass is 32.1. The number of amides is 1. The number of carboxylic acid groups (broad SMARTS) is 1. The second-order valence-electron chi connectivity index (χ2n) is 5.23. The number of carbonyl (C=O) groups is 2. The van der Waals surface area contributed by atoms with Crippen LogP contribution in [-0.2, 0) is 16.0 Å². The van der Waals surface area contributed by atoms with Gasteiger partial charge in [-0.05, 0) is 25.8 Å². The Morgan fingerprint density at radius 1 is 1.35 bits per heavy atom. The van der Waals surface area contributed by atoms with E-state index in [0.29, 0.717) is 6.42 Å². The maximum atomic E-state index is 12.0. The number of carbonyl (C=O) groups excluding carboxylic acids is 1. The smallest absolute Gasteiger partial charge is 0.327 e. The molecule has 0 aliphatic carbocycles. The van der Waals surface area contributed by atoms with Crippen molar-refractivity contribution in [1.82, 2.24) is 5.32 Å². The zero-order chi connectivity index (χ0) is 15.3. The number of thiol groups is 1. The second-order valence-corrected chi connectivity index (χ2v) is 6.38. The van der Waals surface area contributed by atoms with Crippen molar-refractivity contribution in [3.8, 4) is 0 Å². The van der Waals surface area contributed by atoms with Crippen LogP contribution < -0.4 is 11.1 Å². The first-order valence-electron chi connectivity index (χ1n) is 6.27. The largest absolute Gasteiger partial charge is 0.480 e. The summed E-state index contributed by atoms with van der Waals surface area (Å²) in [7, 11) is 0. The van der Waals surface area contributed by atoms with Gasteiger partial charge in [0.05, 0.1) is 6.04 Å². The monoisotopic (exact) mass is 296 g/mol. The Bertz CT molecular complexity index is 471. The van der Waals surface area contributed by atoms with Crippen molar-refractivity contribution in [2.24, 2.45) is 5.73 Å². The normalized spacial score (nSPS) is 14.4. The Balaban J connectivity index is 2.67. The zero-order valence-corrected chi connectivity index (χ0v) is 12.4. The minimum Gasteiger partial charge on any atom is -0.480 e. The van der Waals surface area contributed by atoms with Crippen molar-refractivity contribution >= 4 is 24.5 Å². The van der Waals surface area contributed by atoms with E-state index in [0.717, 1.165) is 5.56 Å². The van der Waals surface area contributed by atoms with Gasteiger partial charge in [0.2, 0.25) is 5.91 Å². The fourth-order valence-electron chi connectivity index (χ4n) is 1.75. The number of hydrogen-bond donors (Lipinski definition) is 4. The molecular weight excluding hydrogens is 276 g/mol. The molecular formula is C14H20N2O3S. The molecule has 0 heterocycles. The van der Waals surface area contributed by atoms with Crippen LogP contribution in [0.2, 0.25) is 0 Å². The van der Waals surface area contributed by atoms with E-state index in [9.17, 15) is 9.59 Å². The lowest BCUT2D eigenvalue weighted by molar-refractivity contribution is -0.142. The Labute approximate surface area is 124 Å².